The summed E-state index contributed by atoms with van der Waals surface area (Å²) >= 11 is 0. The maximum Gasteiger partial charge on any atom is 0.335 e. The summed E-state index contributed by atoms with van der Waals surface area (Å²) in [6, 6.07) is 12.5. The van der Waals surface area contributed by atoms with Gasteiger partial charge < -0.3 is 15.7 Å². The van der Waals surface area contributed by atoms with E-state index in [-0.39, 0.29) is 36.5 Å². The number of carboxylic acids is 1. The minimum atomic E-state index is -1.00. The Morgan fingerprint density at radius 2 is 1.50 bits per heavy atom. The number of rotatable bonds is 7. The normalized spacial score (nSPS) is 12.6. The van der Waals surface area contributed by atoms with E-state index < -0.39 is 5.97 Å². The molecule has 0 saturated heterocycles. The average molecular weight is 381 g/mol. The third kappa shape index (κ3) is 4.17. The van der Waals surface area contributed by atoms with Gasteiger partial charge in [-0.2, -0.15) is 0 Å². The van der Waals surface area contributed by atoms with E-state index in [0.29, 0.717) is 24.1 Å². The number of carbonyl (C=O) groups is 4. The summed E-state index contributed by atoms with van der Waals surface area (Å²) in [6.07, 6.45) is 0.437. The number of carbonyl (C=O) groups excluding carboxylic acids is 3. The number of aromatic carboxylic acids is 1. The van der Waals surface area contributed by atoms with Crippen molar-refractivity contribution in [1.29, 1.82) is 0 Å². The van der Waals surface area contributed by atoms with Gasteiger partial charge in [0.2, 0.25) is 0 Å². The summed E-state index contributed by atoms with van der Waals surface area (Å²) < 4.78 is 0. The number of nitrogens with one attached hydrogen (secondary N) is 2. The monoisotopic (exact) mass is 381 g/mol. The molecule has 0 aliphatic carbocycles. The van der Waals surface area contributed by atoms with E-state index in [1.807, 2.05) is 0 Å². The molecule has 28 heavy (non-hydrogen) atoms. The number of amides is 4. The number of urea groups is 1. The molecule has 4 amide bonds. The Bertz CT molecular complexity index is 889. The largest absolute Gasteiger partial charge is 0.478 e. The fraction of sp³-hybridized carbons (Fsp3) is 0.200. The van der Waals surface area contributed by atoms with E-state index in [9.17, 15) is 19.2 Å². The van der Waals surface area contributed by atoms with E-state index in [4.69, 9.17) is 5.11 Å². The van der Waals surface area contributed by atoms with Crippen LogP contribution < -0.4 is 10.6 Å². The van der Waals surface area contributed by atoms with Crippen molar-refractivity contribution in [3.63, 3.8) is 0 Å². The van der Waals surface area contributed by atoms with E-state index >= 15 is 0 Å². The maximum absolute atomic E-state index is 12.2. The maximum atomic E-state index is 12.2. The van der Waals surface area contributed by atoms with Gasteiger partial charge in [-0.05, 0) is 36.2 Å². The molecule has 0 spiro atoms. The number of carboxylic acid groups (broad SMARTS) is 1. The van der Waals surface area contributed by atoms with Crippen LogP contribution in [0.5, 0.6) is 0 Å². The molecule has 0 fully saturated rings. The zero-order valence-corrected chi connectivity index (χ0v) is 15.0. The van der Waals surface area contributed by atoms with Crippen LogP contribution in [-0.2, 0) is 6.54 Å². The fourth-order valence-corrected chi connectivity index (χ4v) is 2.89. The molecule has 0 radical (unpaired) electrons. The molecule has 3 N–H and O–H groups in total. The quantitative estimate of drug-likeness (QED) is 0.500. The van der Waals surface area contributed by atoms with Crippen LogP contribution in [0.2, 0.25) is 0 Å². The van der Waals surface area contributed by atoms with Crippen molar-refractivity contribution in [2.24, 2.45) is 0 Å². The number of fused-ring (bicyclic) bond motifs is 1. The Labute approximate surface area is 161 Å². The van der Waals surface area contributed by atoms with Crippen molar-refractivity contribution in [2.45, 2.75) is 13.0 Å². The van der Waals surface area contributed by atoms with Gasteiger partial charge in [-0.3, -0.25) is 14.5 Å². The average Bonchev–Trinajstić information content (AvgIpc) is 2.95. The molecule has 0 atom stereocenters. The zero-order valence-electron chi connectivity index (χ0n) is 15.0. The minimum Gasteiger partial charge on any atom is -0.478 e. The first-order chi connectivity index (χ1) is 13.5. The lowest BCUT2D eigenvalue weighted by atomic mass is 10.1. The molecule has 0 unspecified atom stereocenters. The standard InChI is InChI=1S/C20H19N3O5/c24-17-15-4-1-2-5-16(15)18(25)23(17)11-3-10-21-20(28)22-12-13-6-8-14(9-7-13)19(26)27/h1-2,4-9H,3,10-12H2,(H,26,27)(H2,21,22,28). The molecular formula is C20H19N3O5. The molecule has 0 bridgehead atoms. The van der Waals surface area contributed by atoms with Gasteiger partial charge in [-0.15, -0.1) is 0 Å². The number of hydrogen-bond acceptors (Lipinski definition) is 4. The Kier molecular flexibility index (Phi) is 5.69. The molecule has 144 valence electrons. The summed E-state index contributed by atoms with van der Waals surface area (Å²) in [5.41, 5.74) is 1.77. The van der Waals surface area contributed by atoms with Crippen molar-refractivity contribution >= 4 is 23.8 Å². The second kappa shape index (κ2) is 8.34. The van der Waals surface area contributed by atoms with Crippen LogP contribution in [0.3, 0.4) is 0 Å². The highest BCUT2D eigenvalue weighted by atomic mass is 16.4. The highest BCUT2D eigenvalue weighted by molar-refractivity contribution is 6.21. The molecule has 0 aromatic heterocycles. The van der Waals surface area contributed by atoms with Gasteiger partial charge in [-0.1, -0.05) is 24.3 Å². The second-order valence-electron chi connectivity index (χ2n) is 6.27. The summed E-state index contributed by atoms with van der Waals surface area (Å²) in [7, 11) is 0. The molecule has 0 saturated carbocycles. The Morgan fingerprint density at radius 1 is 0.893 bits per heavy atom. The summed E-state index contributed by atoms with van der Waals surface area (Å²) in [6.45, 7) is 0.782. The zero-order chi connectivity index (χ0) is 20.1. The third-order valence-corrected chi connectivity index (χ3v) is 4.38. The molecule has 1 heterocycles. The molecule has 1 aliphatic rings. The summed E-state index contributed by atoms with van der Waals surface area (Å²) in [5, 5.41) is 14.2. The van der Waals surface area contributed by atoms with Gasteiger partial charge in [0.1, 0.15) is 0 Å². The number of imide groups is 1. The van der Waals surface area contributed by atoms with Crippen LogP contribution in [0, 0.1) is 0 Å². The topological polar surface area (TPSA) is 116 Å². The van der Waals surface area contributed by atoms with Gasteiger partial charge >= 0.3 is 12.0 Å². The molecule has 2 aromatic rings. The Hall–Kier alpha value is -3.68. The van der Waals surface area contributed by atoms with Gasteiger partial charge in [0, 0.05) is 19.6 Å². The molecule has 8 nitrogen and oxygen atoms in total. The highest BCUT2D eigenvalue weighted by Gasteiger charge is 2.34. The first-order valence-corrected chi connectivity index (χ1v) is 8.76. The SMILES string of the molecule is O=C(NCCCN1C(=O)c2ccccc2C1=O)NCc1ccc(C(=O)O)cc1. The van der Waals surface area contributed by atoms with E-state index in [1.165, 1.54) is 17.0 Å². The van der Waals surface area contributed by atoms with Crippen molar-refractivity contribution in [2.75, 3.05) is 13.1 Å². The lowest BCUT2D eigenvalue weighted by Gasteiger charge is -2.14. The van der Waals surface area contributed by atoms with Gasteiger partial charge in [0.25, 0.3) is 11.8 Å². The van der Waals surface area contributed by atoms with Gasteiger partial charge in [0.05, 0.1) is 16.7 Å². The van der Waals surface area contributed by atoms with E-state index in [2.05, 4.69) is 10.6 Å². The van der Waals surface area contributed by atoms with Crippen molar-refractivity contribution in [3.8, 4) is 0 Å². The Balaban J connectivity index is 1.39. The molecule has 3 rings (SSSR count). The highest BCUT2D eigenvalue weighted by Crippen LogP contribution is 2.22. The smallest absolute Gasteiger partial charge is 0.335 e. The van der Waals surface area contributed by atoms with Crippen LogP contribution in [0.25, 0.3) is 0 Å². The fourth-order valence-electron chi connectivity index (χ4n) is 2.89. The molecular weight excluding hydrogens is 362 g/mol. The first-order valence-electron chi connectivity index (χ1n) is 8.76. The van der Waals surface area contributed by atoms with Crippen molar-refractivity contribution in [1.82, 2.24) is 15.5 Å². The number of hydrogen-bond donors (Lipinski definition) is 3. The number of nitrogens with zero attached hydrogens (tertiary/aromatic N) is 1. The lowest BCUT2D eigenvalue weighted by Crippen LogP contribution is -2.37. The number of benzene rings is 2. The van der Waals surface area contributed by atoms with Crippen LogP contribution in [-0.4, -0.2) is 46.9 Å². The third-order valence-electron chi connectivity index (χ3n) is 4.38. The minimum absolute atomic E-state index is 0.182. The summed E-state index contributed by atoms with van der Waals surface area (Å²) in [5.74, 6) is -1.62. The van der Waals surface area contributed by atoms with Crippen molar-refractivity contribution < 1.29 is 24.3 Å². The van der Waals surface area contributed by atoms with Crippen LogP contribution in [0.1, 0.15) is 43.1 Å². The van der Waals surface area contributed by atoms with E-state index in [1.54, 1.807) is 36.4 Å². The van der Waals surface area contributed by atoms with Crippen LogP contribution in [0.15, 0.2) is 48.5 Å². The lowest BCUT2D eigenvalue weighted by molar-refractivity contribution is 0.0649. The Morgan fingerprint density at radius 3 is 2.07 bits per heavy atom. The molecule has 2 aromatic carbocycles. The first kappa shape index (κ1) is 19.1. The molecule has 1 aliphatic heterocycles. The van der Waals surface area contributed by atoms with E-state index in [0.717, 1.165) is 5.56 Å². The molecule has 8 heteroatoms. The summed E-state index contributed by atoms with van der Waals surface area (Å²) in [4.78, 5) is 48.3. The van der Waals surface area contributed by atoms with Gasteiger partial charge in [0.15, 0.2) is 0 Å². The van der Waals surface area contributed by atoms with Gasteiger partial charge in [-0.25, -0.2) is 9.59 Å². The predicted octanol–water partition coefficient (Wildman–Crippen LogP) is 1.87. The van der Waals surface area contributed by atoms with Crippen molar-refractivity contribution in [3.05, 3.63) is 70.8 Å². The van der Waals surface area contributed by atoms with Crippen LogP contribution in [0.4, 0.5) is 4.79 Å². The van der Waals surface area contributed by atoms with Crippen LogP contribution >= 0.6 is 0 Å². The second-order valence-corrected chi connectivity index (χ2v) is 6.27. The predicted molar refractivity (Wildman–Crippen MR) is 100 cm³/mol.